The van der Waals surface area contributed by atoms with Crippen molar-refractivity contribution in [3.63, 3.8) is 0 Å². The molecule has 0 aromatic heterocycles. The van der Waals surface area contributed by atoms with Crippen LogP contribution in [-0.4, -0.2) is 11.7 Å². The van der Waals surface area contributed by atoms with Gasteiger partial charge < -0.3 is 5.11 Å². The van der Waals surface area contributed by atoms with E-state index in [0.717, 1.165) is 18.5 Å². The van der Waals surface area contributed by atoms with E-state index < -0.39 is 5.72 Å². The highest BCUT2D eigenvalue weighted by atomic mass is 16.3. The van der Waals surface area contributed by atoms with Crippen LogP contribution < -0.4 is 5.32 Å². The van der Waals surface area contributed by atoms with Gasteiger partial charge in [0.1, 0.15) is 5.72 Å². The standard InChI is InChI=1S/C10H13NO/c1-10(12)9-5-3-2-4-8(9)6-7-11-10/h2-5,11-12H,6-7H2,1H3. The van der Waals surface area contributed by atoms with Gasteiger partial charge in [-0.05, 0) is 18.9 Å². The molecule has 0 saturated carbocycles. The normalized spacial score (nSPS) is 28.2. The molecule has 0 aliphatic carbocycles. The summed E-state index contributed by atoms with van der Waals surface area (Å²) < 4.78 is 0. The van der Waals surface area contributed by atoms with Crippen molar-refractivity contribution in [1.29, 1.82) is 0 Å². The average Bonchev–Trinajstić information content (AvgIpc) is 2.04. The van der Waals surface area contributed by atoms with Crippen LogP contribution >= 0.6 is 0 Å². The number of rotatable bonds is 0. The van der Waals surface area contributed by atoms with E-state index in [1.165, 1.54) is 5.56 Å². The van der Waals surface area contributed by atoms with Gasteiger partial charge in [-0.2, -0.15) is 0 Å². The van der Waals surface area contributed by atoms with Crippen molar-refractivity contribution >= 4 is 0 Å². The lowest BCUT2D eigenvalue weighted by Crippen LogP contribution is -2.44. The van der Waals surface area contributed by atoms with E-state index >= 15 is 0 Å². The van der Waals surface area contributed by atoms with Gasteiger partial charge in [0.25, 0.3) is 0 Å². The van der Waals surface area contributed by atoms with Crippen LogP contribution in [0.4, 0.5) is 0 Å². The van der Waals surface area contributed by atoms with Crippen LogP contribution in [0.15, 0.2) is 24.3 Å². The maximum atomic E-state index is 9.92. The molecule has 0 radical (unpaired) electrons. The Balaban J connectivity index is 2.52. The molecule has 1 aliphatic rings. The van der Waals surface area contributed by atoms with Crippen LogP contribution in [-0.2, 0) is 12.1 Å². The van der Waals surface area contributed by atoms with Crippen LogP contribution in [0.5, 0.6) is 0 Å². The Hall–Kier alpha value is -0.860. The summed E-state index contributed by atoms with van der Waals surface area (Å²) in [6.07, 6.45) is 1.01. The summed E-state index contributed by atoms with van der Waals surface area (Å²) in [4.78, 5) is 0. The number of hydrogen-bond donors (Lipinski definition) is 2. The quantitative estimate of drug-likeness (QED) is 0.598. The zero-order chi connectivity index (χ0) is 8.60. The van der Waals surface area contributed by atoms with Crippen LogP contribution in [0.3, 0.4) is 0 Å². The van der Waals surface area contributed by atoms with Crippen LogP contribution in [0, 0.1) is 0 Å². The lowest BCUT2D eigenvalue weighted by atomic mass is 9.93. The van der Waals surface area contributed by atoms with Crippen molar-refractivity contribution in [1.82, 2.24) is 5.32 Å². The number of nitrogens with one attached hydrogen (secondary N) is 1. The summed E-state index contributed by atoms with van der Waals surface area (Å²) >= 11 is 0. The van der Waals surface area contributed by atoms with E-state index in [-0.39, 0.29) is 0 Å². The van der Waals surface area contributed by atoms with E-state index in [9.17, 15) is 5.11 Å². The van der Waals surface area contributed by atoms with Crippen molar-refractivity contribution < 1.29 is 5.11 Å². The minimum absolute atomic E-state index is 0.838. The lowest BCUT2D eigenvalue weighted by molar-refractivity contribution is 0.0139. The Labute approximate surface area is 72.2 Å². The minimum atomic E-state index is -0.838. The highest BCUT2D eigenvalue weighted by molar-refractivity contribution is 5.33. The molecule has 1 atom stereocenters. The van der Waals surface area contributed by atoms with E-state index in [1.54, 1.807) is 6.92 Å². The summed E-state index contributed by atoms with van der Waals surface area (Å²) in [5.74, 6) is 0. The Bertz CT molecular complexity index is 294. The zero-order valence-electron chi connectivity index (χ0n) is 7.17. The summed E-state index contributed by atoms with van der Waals surface area (Å²) in [6.45, 7) is 2.65. The second-order valence-corrected chi connectivity index (χ2v) is 3.41. The third kappa shape index (κ3) is 1.13. The van der Waals surface area contributed by atoms with E-state index in [1.807, 2.05) is 18.2 Å². The SMILES string of the molecule is CC1(O)NCCc2ccccc21. The first-order valence-electron chi connectivity index (χ1n) is 4.26. The van der Waals surface area contributed by atoms with Gasteiger partial charge in [0.15, 0.2) is 0 Å². The maximum absolute atomic E-state index is 9.92. The molecule has 0 saturated heterocycles. The molecule has 0 fully saturated rings. The van der Waals surface area contributed by atoms with Crippen LogP contribution in [0.25, 0.3) is 0 Å². The number of hydrogen-bond acceptors (Lipinski definition) is 2. The molecule has 2 N–H and O–H groups in total. The highest BCUT2D eigenvalue weighted by Crippen LogP contribution is 2.25. The molecule has 2 nitrogen and oxygen atoms in total. The fraction of sp³-hybridized carbons (Fsp3) is 0.400. The predicted molar refractivity (Wildman–Crippen MR) is 47.7 cm³/mol. The largest absolute Gasteiger partial charge is 0.372 e. The topological polar surface area (TPSA) is 32.3 Å². The molecule has 1 aromatic rings. The van der Waals surface area contributed by atoms with Crippen molar-refractivity contribution in [3.05, 3.63) is 35.4 Å². The molecule has 12 heavy (non-hydrogen) atoms. The van der Waals surface area contributed by atoms with Crippen LogP contribution in [0.1, 0.15) is 18.1 Å². The minimum Gasteiger partial charge on any atom is -0.372 e. The summed E-state index contributed by atoms with van der Waals surface area (Å²) in [5.41, 5.74) is 1.42. The Morgan fingerprint density at radius 2 is 2.17 bits per heavy atom. The first-order valence-corrected chi connectivity index (χ1v) is 4.26. The molecule has 64 valence electrons. The summed E-state index contributed by atoms with van der Waals surface area (Å²) in [6, 6.07) is 8.02. The molecular formula is C10H13NO. The molecule has 0 bridgehead atoms. The summed E-state index contributed by atoms with van der Waals surface area (Å²) in [5, 5.41) is 13.0. The van der Waals surface area contributed by atoms with Gasteiger partial charge in [-0.3, -0.25) is 5.32 Å². The molecule has 0 spiro atoms. The third-order valence-corrected chi connectivity index (χ3v) is 2.41. The second-order valence-electron chi connectivity index (χ2n) is 3.41. The zero-order valence-corrected chi connectivity index (χ0v) is 7.17. The van der Waals surface area contributed by atoms with Gasteiger partial charge in [0.2, 0.25) is 0 Å². The molecule has 2 rings (SSSR count). The van der Waals surface area contributed by atoms with Gasteiger partial charge in [-0.1, -0.05) is 24.3 Å². The molecule has 2 heteroatoms. The summed E-state index contributed by atoms with van der Waals surface area (Å²) in [7, 11) is 0. The van der Waals surface area contributed by atoms with Gasteiger partial charge in [0, 0.05) is 12.1 Å². The van der Waals surface area contributed by atoms with E-state index in [0.29, 0.717) is 0 Å². The number of fused-ring (bicyclic) bond motifs is 1. The lowest BCUT2D eigenvalue weighted by Gasteiger charge is -2.32. The smallest absolute Gasteiger partial charge is 0.139 e. The molecule has 1 heterocycles. The number of aliphatic hydroxyl groups is 1. The van der Waals surface area contributed by atoms with Crippen LogP contribution in [0.2, 0.25) is 0 Å². The Morgan fingerprint density at radius 1 is 1.42 bits per heavy atom. The first-order chi connectivity index (χ1) is 5.70. The fourth-order valence-corrected chi connectivity index (χ4v) is 1.75. The van der Waals surface area contributed by atoms with Gasteiger partial charge in [-0.25, -0.2) is 0 Å². The van der Waals surface area contributed by atoms with Gasteiger partial charge in [0.05, 0.1) is 0 Å². The highest BCUT2D eigenvalue weighted by Gasteiger charge is 2.27. The Morgan fingerprint density at radius 3 is 2.92 bits per heavy atom. The van der Waals surface area contributed by atoms with E-state index in [4.69, 9.17) is 0 Å². The average molecular weight is 163 g/mol. The van der Waals surface area contributed by atoms with Crippen molar-refractivity contribution in [2.45, 2.75) is 19.1 Å². The first kappa shape index (κ1) is 7.77. The van der Waals surface area contributed by atoms with Gasteiger partial charge >= 0.3 is 0 Å². The molecular weight excluding hydrogens is 150 g/mol. The monoisotopic (exact) mass is 163 g/mol. The van der Waals surface area contributed by atoms with Crippen molar-refractivity contribution in [2.24, 2.45) is 0 Å². The van der Waals surface area contributed by atoms with Crippen molar-refractivity contribution in [3.8, 4) is 0 Å². The fourth-order valence-electron chi connectivity index (χ4n) is 1.75. The third-order valence-electron chi connectivity index (χ3n) is 2.41. The predicted octanol–water partition coefficient (Wildman–Crippen LogP) is 0.997. The number of benzene rings is 1. The molecule has 0 amide bonds. The van der Waals surface area contributed by atoms with E-state index in [2.05, 4.69) is 11.4 Å². The van der Waals surface area contributed by atoms with Gasteiger partial charge in [-0.15, -0.1) is 0 Å². The molecule has 1 aliphatic heterocycles. The Kier molecular flexibility index (Phi) is 1.67. The molecule has 1 aromatic carbocycles. The second kappa shape index (κ2) is 2.57. The molecule has 1 unspecified atom stereocenters. The van der Waals surface area contributed by atoms with Crippen molar-refractivity contribution in [2.75, 3.05) is 6.54 Å². The maximum Gasteiger partial charge on any atom is 0.139 e.